The van der Waals surface area contributed by atoms with Crippen molar-refractivity contribution in [1.82, 2.24) is 5.32 Å². The van der Waals surface area contributed by atoms with Crippen LogP contribution >= 0.6 is 11.3 Å². The number of hydrogen-bond donors (Lipinski definition) is 1. The van der Waals surface area contributed by atoms with Crippen molar-refractivity contribution in [2.24, 2.45) is 0 Å². The molecule has 1 aliphatic heterocycles. The van der Waals surface area contributed by atoms with Crippen LogP contribution in [0.2, 0.25) is 0 Å². The van der Waals surface area contributed by atoms with E-state index in [0.717, 1.165) is 11.3 Å². The van der Waals surface area contributed by atoms with Gasteiger partial charge in [0.05, 0.1) is 6.61 Å². The highest BCUT2D eigenvalue weighted by molar-refractivity contribution is 7.10. The summed E-state index contributed by atoms with van der Waals surface area (Å²) in [7, 11) is 0. The first-order valence-electron chi connectivity index (χ1n) is 6.14. The zero-order chi connectivity index (χ0) is 13.2. The van der Waals surface area contributed by atoms with Crippen LogP contribution < -0.4 is 5.32 Å². The number of carbonyl (C=O) groups excluding carboxylic acids is 2. The summed E-state index contributed by atoms with van der Waals surface area (Å²) in [5.41, 5.74) is -0.447. The minimum Gasteiger partial charge on any atom is -0.464 e. The molecule has 0 saturated carbocycles. The lowest BCUT2D eigenvalue weighted by Crippen LogP contribution is -2.46. The predicted molar refractivity (Wildman–Crippen MR) is 69.5 cm³/mol. The Morgan fingerprint density at radius 1 is 1.61 bits per heavy atom. The average molecular weight is 267 g/mol. The summed E-state index contributed by atoms with van der Waals surface area (Å²) in [6.07, 6.45) is 1.09. The van der Waals surface area contributed by atoms with Gasteiger partial charge in [0.15, 0.2) is 0 Å². The molecular weight excluding hydrogens is 250 g/mol. The Labute approximate surface area is 110 Å². The SMILES string of the molecule is CCOC(=O)C1NC(=O)CC1(CC)c1cccs1. The highest BCUT2D eigenvalue weighted by atomic mass is 32.1. The van der Waals surface area contributed by atoms with E-state index < -0.39 is 11.5 Å². The Kier molecular flexibility index (Phi) is 3.71. The van der Waals surface area contributed by atoms with E-state index in [2.05, 4.69) is 5.32 Å². The van der Waals surface area contributed by atoms with Crippen LogP contribution in [-0.2, 0) is 19.7 Å². The normalized spacial score (nSPS) is 27.0. The Hall–Kier alpha value is -1.36. The molecule has 98 valence electrons. The van der Waals surface area contributed by atoms with Crippen molar-refractivity contribution >= 4 is 23.2 Å². The van der Waals surface area contributed by atoms with Gasteiger partial charge >= 0.3 is 5.97 Å². The highest BCUT2D eigenvalue weighted by Crippen LogP contribution is 2.41. The monoisotopic (exact) mass is 267 g/mol. The third-order valence-electron chi connectivity index (χ3n) is 3.50. The number of ether oxygens (including phenoxy) is 1. The number of carbonyl (C=O) groups is 2. The molecule has 2 rings (SSSR count). The van der Waals surface area contributed by atoms with Gasteiger partial charge in [-0.2, -0.15) is 0 Å². The van der Waals surface area contributed by atoms with Crippen LogP contribution in [0.3, 0.4) is 0 Å². The van der Waals surface area contributed by atoms with E-state index in [0.29, 0.717) is 13.0 Å². The third-order valence-corrected chi connectivity index (χ3v) is 4.59. The van der Waals surface area contributed by atoms with Gasteiger partial charge < -0.3 is 10.1 Å². The summed E-state index contributed by atoms with van der Waals surface area (Å²) >= 11 is 1.58. The minimum atomic E-state index is -0.561. The highest BCUT2D eigenvalue weighted by Gasteiger charge is 2.51. The minimum absolute atomic E-state index is 0.0803. The van der Waals surface area contributed by atoms with Crippen molar-refractivity contribution < 1.29 is 14.3 Å². The lowest BCUT2D eigenvalue weighted by molar-refractivity contribution is -0.147. The second-order valence-corrected chi connectivity index (χ2v) is 5.36. The summed E-state index contributed by atoms with van der Waals surface area (Å²) in [5, 5.41) is 4.73. The molecule has 0 spiro atoms. The van der Waals surface area contributed by atoms with E-state index in [4.69, 9.17) is 4.74 Å². The van der Waals surface area contributed by atoms with Crippen LogP contribution in [0.25, 0.3) is 0 Å². The predicted octanol–water partition coefficient (Wildman–Crippen LogP) is 1.85. The van der Waals surface area contributed by atoms with Gasteiger partial charge in [0.1, 0.15) is 6.04 Å². The van der Waals surface area contributed by atoms with Crippen LogP contribution in [0.4, 0.5) is 0 Å². The molecular formula is C13H17NO3S. The van der Waals surface area contributed by atoms with Gasteiger partial charge in [-0.15, -0.1) is 11.3 Å². The number of hydrogen-bond acceptors (Lipinski definition) is 4. The van der Waals surface area contributed by atoms with Crippen LogP contribution in [0, 0.1) is 0 Å². The Morgan fingerprint density at radius 3 is 2.94 bits per heavy atom. The Balaban J connectivity index is 2.37. The summed E-state index contributed by atoms with van der Waals surface area (Å²) in [4.78, 5) is 24.8. The molecule has 1 aromatic heterocycles. The molecule has 1 aliphatic rings. The maximum absolute atomic E-state index is 12.0. The fourth-order valence-corrected chi connectivity index (χ4v) is 3.57. The van der Waals surface area contributed by atoms with Crippen LogP contribution in [0.1, 0.15) is 31.6 Å². The average Bonchev–Trinajstić information content (AvgIpc) is 2.96. The molecule has 1 amide bonds. The molecule has 1 saturated heterocycles. The summed E-state index contributed by atoms with van der Waals surface area (Å²) < 4.78 is 5.08. The van der Waals surface area contributed by atoms with Gasteiger partial charge in [0, 0.05) is 16.7 Å². The fourth-order valence-electron chi connectivity index (χ4n) is 2.54. The lowest BCUT2D eigenvalue weighted by atomic mass is 9.76. The van der Waals surface area contributed by atoms with Gasteiger partial charge in [0.2, 0.25) is 5.91 Å². The number of esters is 1. The zero-order valence-electron chi connectivity index (χ0n) is 10.6. The molecule has 5 heteroatoms. The molecule has 0 aliphatic carbocycles. The van der Waals surface area contributed by atoms with E-state index in [1.165, 1.54) is 0 Å². The summed E-state index contributed by atoms with van der Waals surface area (Å²) in [5.74, 6) is -0.415. The van der Waals surface area contributed by atoms with Crippen molar-refractivity contribution in [2.75, 3.05) is 6.61 Å². The molecule has 2 atom stereocenters. The Bertz CT molecular complexity index is 443. The molecule has 0 aromatic carbocycles. The van der Waals surface area contributed by atoms with E-state index in [-0.39, 0.29) is 11.9 Å². The summed E-state index contributed by atoms with van der Waals surface area (Å²) in [6, 6.07) is 3.37. The third kappa shape index (κ3) is 2.03. The second kappa shape index (κ2) is 5.10. The molecule has 0 radical (unpaired) electrons. The maximum Gasteiger partial charge on any atom is 0.329 e. The van der Waals surface area contributed by atoms with E-state index >= 15 is 0 Å². The van der Waals surface area contributed by atoms with Gasteiger partial charge in [-0.05, 0) is 24.8 Å². The first kappa shape index (κ1) is 13.1. The molecule has 4 nitrogen and oxygen atoms in total. The first-order chi connectivity index (χ1) is 8.64. The topological polar surface area (TPSA) is 55.4 Å². The van der Waals surface area contributed by atoms with Crippen molar-refractivity contribution in [2.45, 2.75) is 38.1 Å². The quantitative estimate of drug-likeness (QED) is 0.847. The molecule has 0 bridgehead atoms. The number of rotatable bonds is 4. The first-order valence-corrected chi connectivity index (χ1v) is 7.02. The number of amides is 1. The largest absolute Gasteiger partial charge is 0.464 e. The van der Waals surface area contributed by atoms with E-state index in [1.807, 2.05) is 24.4 Å². The molecule has 1 N–H and O–H groups in total. The van der Waals surface area contributed by atoms with Crippen LogP contribution in [0.15, 0.2) is 17.5 Å². The summed E-state index contributed by atoms with van der Waals surface area (Å²) in [6.45, 7) is 4.11. The number of thiophene rings is 1. The maximum atomic E-state index is 12.0. The van der Waals surface area contributed by atoms with Gasteiger partial charge in [0.25, 0.3) is 0 Å². The van der Waals surface area contributed by atoms with Gasteiger partial charge in [-0.25, -0.2) is 4.79 Å². The lowest BCUT2D eigenvalue weighted by Gasteiger charge is -2.30. The number of nitrogens with one attached hydrogen (secondary N) is 1. The van der Waals surface area contributed by atoms with Crippen LogP contribution in [0.5, 0.6) is 0 Å². The van der Waals surface area contributed by atoms with Crippen molar-refractivity contribution in [3.05, 3.63) is 22.4 Å². The fraction of sp³-hybridized carbons (Fsp3) is 0.538. The van der Waals surface area contributed by atoms with Crippen LogP contribution in [-0.4, -0.2) is 24.5 Å². The molecule has 2 unspecified atom stereocenters. The van der Waals surface area contributed by atoms with E-state index in [9.17, 15) is 9.59 Å². The second-order valence-electron chi connectivity index (χ2n) is 4.42. The van der Waals surface area contributed by atoms with E-state index in [1.54, 1.807) is 18.3 Å². The van der Waals surface area contributed by atoms with Crippen molar-refractivity contribution in [3.63, 3.8) is 0 Å². The molecule has 18 heavy (non-hydrogen) atoms. The van der Waals surface area contributed by atoms with Crippen molar-refractivity contribution in [1.29, 1.82) is 0 Å². The Morgan fingerprint density at radius 2 is 2.39 bits per heavy atom. The molecule has 1 fully saturated rings. The standard InChI is InChI=1S/C13H17NO3S/c1-3-13(9-6-5-7-18-9)8-10(15)14-11(13)12(16)17-4-2/h5-7,11H,3-4,8H2,1-2H3,(H,14,15). The van der Waals surface area contributed by atoms with Gasteiger partial charge in [-0.3, -0.25) is 4.79 Å². The van der Waals surface area contributed by atoms with Crippen molar-refractivity contribution in [3.8, 4) is 0 Å². The van der Waals surface area contributed by atoms with Gasteiger partial charge in [-0.1, -0.05) is 13.0 Å². The smallest absolute Gasteiger partial charge is 0.329 e. The zero-order valence-corrected chi connectivity index (χ0v) is 11.4. The molecule has 2 heterocycles. The molecule has 1 aromatic rings.